The Hall–Kier alpha value is -1.99. The molecular formula is C26H40O7. The highest BCUT2D eigenvalue weighted by Crippen LogP contribution is 2.65. The highest BCUT2D eigenvalue weighted by atomic mass is 16.4. The third-order valence-corrected chi connectivity index (χ3v) is 8.45. The molecule has 0 saturated heterocycles. The van der Waals surface area contributed by atoms with Crippen molar-refractivity contribution in [2.75, 3.05) is 6.61 Å². The standard InChI is InChI=1S/C20H28O3.2C3H6O2/c1-12-9-14-15-3-4-18(23)19(15,2)7-6-16(14)20(11-21)8-5-13(22)10-17(12)20;2*1-2-3(4)5/h5,8,10,12,14-16,18,21,23H,3-4,6-7,9,11H2,1-2H3;2*2H2,1H3,(H,4,5)/t12-,14-,15-,16-,18-,19-,20-;;/m0../s1. The van der Waals surface area contributed by atoms with E-state index in [4.69, 9.17) is 10.2 Å². The molecule has 0 radical (unpaired) electrons. The second-order valence-electron chi connectivity index (χ2n) is 10.2. The number of carboxylic acids is 2. The van der Waals surface area contributed by atoms with Crippen LogP contribution in [0.25, 0.3) is 0 Å². The number of rotatable bonds is 3. The van der Waals surface area contributed by atoms with Gasteiger partial charge in [0.05, 0.1) is 12.7 Å². The van der Waals surface area contributed by atoms with Crippen molar-refractivity contribution in [3.8, 4) is 0 Å². The summed E-state index contributed by atoms with van der Waals surface area (Å²) in [5, 5.41) is 36.3. The number of aliphatic carboxylic acids is 2. The van der Waals surface area contributed by atoms with Gasteiger partial charge < -0.3 is 20.4 Å². The second kappa shape index (κ2) is 11.0. The second-order valence-corrected chi connectivity index (χ2v) is 10.2. The Labute approximate surface area is 196 Å². The Balaban J connectivity index is 0.000000327. The van der Waals surface area contributed by atoms with Crippen LogP contribution in [-0.4, -0.2) is 50.9 Å². The fourth-order valence-corrected chi connectivity index (χ4v) is 6.63. The molecule has 4 N–H and O–H groups in total. The summed E-state index contributed by atoms with van der Waals surface area (Å²) in [6.45, 7) is 7.77. The molecule has 4 aliphatic rings. The van der Waals surface area contributed by atoms with Crippen molar-refractivity contribution in [2.45, 2.75) is 78.7 Å². The van der Waals surface area contributed by atoms with Crippen molar-refractivity contribution >= 4 is 17.7 Å². The molecule has 186 valence electrons. The molecular weight excluding hydrogens is 424 g/mol. The van der Waals surface area contributed by atoms with Gasteiger partial charge in [-0.2, -0.15) is 0 Å². The first kappa shape index (κ1) is 27.3. The van der Waals surface area contributed by atoms with Crippen LogP contribution in [0.3, 0.4) is 0 Å². The van der Waals surface area contributed by atoms with Crippen LogP contribution in [0.5, 0.6) is 0 Å². The van der Waals surface area contributed by atoms with E-state index in [1.807, 2.05) is 6.08 Å². The van der Waals surface area contributed by atoms with Crippen LogP contribution in [-0.2, 0) is 14.4 Å². The quantitative estimate of drug-likeness (QED) is 0.499. The summed E-state index contributed by atoms with van der Waals surface area (Å²) in [4.78, 5) is 30.6. The average molecular weight is 465 g/mol. The average Bonchev–Trinajstić information content (AvgIpc) is 3.09. The number of aliphatic hydroxyl groups is 2. The number of hydrogen-bond donors (Lipinski definition) is 4. The number of carbonyl (C=O) groups excluding carboxylic acids is 1. The van der Waals surface area contributed by atoms with Gasteiger partial charge >= 0.3 is 11.9 Å². The fourth-order valence-electron chi connectivity index (χ4n) is 6.63. The zero-order valence-electron chi connectivity index (χ0n) is 20.3. The summed E-state index contributed by atoms with van der Waals surface area (Å²) < 4.78 is 0. The van der Waals surface area contributed by atoms with Crippen LogP contribution in [0, 0.1) is 34.5 Å². The maximum Gasteiger partial charge on any atom is 0.303 e. The van der Waals surface area contributed by atoms with Gasteiger partial charge in [-0.15, -0.1) is 0 Å². The molecule has 33 heavy (non-hydrogen) atoms. The van der Waals surface area contributed by atoms with E-state index in [2.05, 4.69) is 13.8 Å². The summed E-state index contributed by atoms with van der Waals surface area (Å²) in [6.07, 6.45) is 10.9. The molecule has 0 heterocycles. The molecule has 0 spiro atoms. The minimum atomic E-state index is -0.745. The topological polar surface area (TPSA) is 132 Å². The van der Waals surface area contributed by atoms with E-state index in [9.17, 15) is 24.6 Å². The van der Waals surface area contributed by atoms with Gasteiger partial charge in [-0.1, -0.05) is 39.3 Å². The van der Waals surface area contributed by atoms with Crippen molar-refractivity contribution in [3.05, 3.63) is 23.8 Å². The third-order valence-electron chi connectivity index (χ3n) is 8.45. The van der Waals surface area contributed by atoms with Crippen molar-refractivity contribution < 1.29 is 34.8 Å². The van der Waals surface area contributed by atoms with E-state index >= 15 is 0 Å². The van der Waals surface area contributed by atoms with E-state index in [-0.39, 0.29) is 42.2 Å². The molecule has 0 aromatic rings. The van der Waals surface area contributed by atoms with Crippen LogP contribution >= 0.6 is 0 Å². The zero-order valence-corrected chi connectivity index (χ0v) is 20.3. The number of hydrogen-bond acceptors (Lipinski definition) is 5. The van der Waals surface area contributed by atoms with Gasteiger partial charge in [0.15, 0.2) is 5.78 Å². The number of allylic oxidation sites excluding steroid dienone is 2. The van der Waals surface area contributed by atoms with Crippen molar-refractivity contribution in [2.24, 2.45) is 34.5 Å². The Morgan fingerprint density at radius 2 is 1.64 bits per heavy atom. The normalized spacial score (nSPS) is 38.3. The Kier molecular flexibility index (Phi) is 9.05. The monoisotopic (exact) mass is 464 g/mol. The van der Waals surface area contributed by atoms with Crippen molar-refractivity contribution in [1.29, 1.82) is 0 Å². The first-order valence-corrected chi connectivity index (χ1v) is 12.1. The summed E-state index contributed by atoms with van der Waals surface area (Å²) in [7, 11) is 0. The Morgan fingerprint density at radius 1 is 1.06 bits per heavy atom. The lowest BCUT2D eigenvalue weighted by molar-refractivity contribution is -0.137. The van der Waals surface area contributed by atoms with E-state index < -0.39 is 11.9 Å². The first-order valence-electron chi connectivity index (χ1n) is 12.1. The SMILES string of the molecule is CCC(=O)O.CCC(=O)O.C[C@H]1C[C@H]2[C@@H]3CC[C@H](O)[C@@]3(C)CC[C@@H]2[C@@]2(CO)C=CC(=O)C=C12. The van der Waals surface area contributed by atoms with Crippen LogP contribution in [0.4, 0.5) is 0 Å². The molecule has 3 saturated carbocycles. The molecule has 0 amide bonds. The van der Waals surface area contributed by atoms with E-state index in [1.54, 1.807) is 26.0 Å². The minimum Gasteiger partial charge on any atom is -0.481 e. The predicted octanol–water partition coefficient (Wildman–Crippen LogP) is 3.84. The van der Waals surface area contributed by atoms with Gasteiger partial charge in [-0.3, -0.25) is 14.4 Å². The minimum absolute atomic E-state index is 0.0486. The van der Waals surface area contributed by atoms with Crippen molar-refractivity contribution in [1.82, 2.24) is 0 Å². The predicted molar refractivity (Wildman–Crippen MR) is 124 cm³/mol. The summed E-state index contributed by atoms with van der Waals surface area (Å²) in [5.74, 6) is 0.402. The molecule has 7 heteroatoms. The van der Waals surface area contributed by atoms with Crippen molar-refractivity contribution in [3.63, 3.8) is 0 Å². The Morgan fingerprint density at radius 3 is 2.15 bits per heavy atom. The maximum atomic E-state index is 11.9. The Bertz CT molecular complexity index is 786. The first-order chi connectivity index (χ1) is 15.5. The van der Waals surface area contributed by atoms with Gasteiger partial charge in [0.25, 0.3) is 0 Å². The molecule has 3 fully saturated rings. The van der Waals surface area contributed by atoms with E-state index in [0.717, 1.165) is 37.7 Å². The lowest BCUT2D eigenvalue weighted by atomic mass is 9.46. The number of carboxylic acid groups (broad SMARTS) is 2. The highest BCUT2D eigenvalue weighted by Gasteiger charge is 2.60. The van der Waals surface area contributed by atoms with Crippen LogP contribution in [0.1, 0.15) is 72.6 Å². The summed E-state index contributed by atoms with van der Waals surface area (Å²) in [6, 6.07) is 0. The molecule has 4 aliphatic carbocycles. The highest BCUT2D eigenvalue weighted by molar-refractivity contribution is 6.01. The summed E-state index contributed by atoms with van der Waals surface area (Å²) >= 11 is 0. The van der Waals surface area contributed by atoms with Gasteiger partial charge in [-0.05, 0) is 73.3 Å². The lowest BCUT2D eigenvalue weighted by Gasteiger charge is -2.58. The molecule has 0 bridgehead atoms. The molecule has 7 atom stereocenters. The molecule has 0 aliphatic heterocycles. The van der Waals surface area contributed by atoms with Crippen LogP contribution < -0.4 is 0 Å². The fraction of sp³-hybridized carbons (Fsp3) is 0.731. The summed E-state index contributed by atoms with van der Waals surface area (Å²) in [5.41, 5.74) is 0.855. The lowest BCUT2D eigenvalue weighted by Crippen LogP contribution is -2.54. The molecule has 7 nitrogen and oxygen atoms in total. The molecule has 0 unspecified atom stereocenters. The van der Waals surface area contributed by atoms with Gasteiger partial charge in [0, 0.05) is 18.3 Å². The van der Waals surface area contributed by atoms with Crippen LogP contribution in [0.2, 0.25) is 0 Å². The van der Waals surface area contributed by atoms with Crippen LogP contribution in [0.15, 0.2) is 23.8 Å². The number of aliphatic hydroxyl groups excluding tert-OH is 2. The third kappa shape index (κ3) is 5.40. The van der Waals surface area contributed by atoms with Gasteiger partial charge in [0.1, 0.15) is 0 Å². The zero-order chi connectivity index (χ0) is 25.0. The molecule has 0 aromatic carbocycles. The molecule has 0 aromatic heterocycles. The molecule has 4 rings (SSSR count). The smallest absolute Gasteiger partial charge is 0.303 e. The van der Waals surface area contributed by atoms with E-state index in [0.29, 0.717) is 23.7 Å². The van der Waals surface area contributed by atoms with E-state index in [1.165, 1.54) is 0 Å². The number of ketones is 1. The maximum absolute atomic E-state index is 11.9. The van der Waals surface area contributed by atoms with Gasteiger partial charge in [0.2, 0.25) is 0 Å². The largest absolute Gasteiger partial charge is 0.481 e. The van der Waals surface area contributed by atoms with Gasteiger partial charge in [-0.25, -0.2) is 0 Å². The number of carbonyl (C=O) groups is 3. The number of fused-ring (bicyclic) bond motifs is 5.